The van der Waals surface area contributed by atoms with Crippen molar-refractivity contribution in [2.45, 2.75) is 111 Å². The van der Waals surface area contributed by atoms with Crippen molar-refractivity contribution in [3.05, 3.63) is 34.9 Å². The van der Waals surface area contributed by atoms with Gasteiger partial charge in [0.1, 0.15) is 17.7 Å². The lowest BCUT2D eigenvalue weighted by molar-refractivity contribution is -0.144. The first kappa shape index (κ1) is 31.8. The summed E-state index contributed by atoms with van der Waals surface area (Å²) in [6, 6.07) is 4.02. The van der Waals surface area contributed by atoms with Gasteiger partial charge in [-0.2, -0.15) is 11.8 Å². The average Bonchev–Trinajstić information content (AvgIpc) is 2.72. The van der Waals surface area contributed by atoms with E-state index in [1.165, 1.54) is 0 Å². The summed E-state index contributed by atoms with van der Waals surface area (Å²) in [6.45, 7) is 17.2. The molecular formula is C28H47N3O4S. The van der Waals surface area contributed by atoms with Crippen LogP contribution in [0.2, 0.25) is 0 Å². The molecule has 0 saturated carbocycles. The summed E-state index contributed by atoms with van der Waals surface area (Å²) in [4.78, 5) is 42.0. The summed E-state index contributed by atoms with van der Waals surface area (Å²) in [7, 11) is 0. The first-order valence-corrected chi connectivity index (χ1v) is 14.3. The third-order valence-corrected chi connectivity index (χ3v) is 6.25. The third-order valence-electron chi connectivity index (χ3n) is 5.61. The second-order valence-corrected chi connectivity index (χ2v) is 11.8. The number of carbonyl (C=O) groups excluding carboxylic acids is 3. The fourth-order valence-electron chi connectivity index (χ4n) is 4.24. The molecule has 0 heterocycles. The van der Waals surface area contributed by atoms with E-state index in [2.05, 4.69) is 17.6 Å². The molecule has 0 bridgehead atoms. The van der Waals surface area contributed by atoms with E-state index < -0.39 is 23.8 Å². The minimum absolute atomic E-state index is 0.0211. The summed E-state index contributed by atoms with van der Waals surface area (Å²) in [5.41, 5.74) is 2.11. The van der Waals surface area contributed by atoms with Crippen molar-refractivity contribution in [1.82, 2.24) is 15.5 Å². The van der Waals surface area contributed by atoms with Gasteiger partial charge in [-0.05, 0) is 85.8 Å². The maximum Gasteiger partial charge on any atom is 0.408 e. The van der Waals surface area contributed by atoms with Crippen molar-refractivity contribution in [3.63, 3.8) is 0 Å². The highest BCUT2D eigenvalue weighted by molar-refractivity contribution is 7.98. The van der Waals surface area contributed by atoms with Gasteiger partial charge in [0, 0.05) is 12.1 Å². The van der Waals surface area contributed by atoms with E-state index in [1.54, 1.807) is 37.4 Å². The van der Waals surface area contributed by atoms with E-state index >= 15 is 0 Å². The van der Waals surface area contributed by atoms with Crippen LogP contribution in [0.1, 0.15) is 90.5 Å². The van der Waals surface area contributed by atoms with Gasteiger partial charge in [-0.15, -0.1) is 0 Å². The van der Waals surface area contributed by atoms with Gasteiger partial charge in [0.05, 0.1) is 0 Å². The van der Waals surface area contributed by atoms with Crippen molar-refractivity contribution < 1.29 is 19.1 Å². The van der Waals surface area contributed by atoms with E-state index in [4.69, 9.17) is 4.74 Å². The van der Waals surface area contributed by atoms with Crippen LogP contribution in [-0.2, 0) is 14.3 Å². The normalized spacial score (nSPS) is 14.1. The number of benzene rings is 1. The van der Waals surface area contributed by atoms with Crippen LogP contribution in [0.3, 0.4) is 0 Å². The number of carbonyl (C=O) groups is 3. The second-order valence-electron chi connectivity index (χ2n) is 10.8. The van der Waals surface area contributed by atoms with Gasteiger partial charge >= 0.3 is 6.09 Å². The number of nitrogens with zero attached hydrogens (tertiary/aromatic N) is 1. The molecule has 3 unspecified atom stereocenters. The van der Waals surface area contributed by atoms with E-state index in [0.29, 0.717) is 12.2 Å². The molecule has 0 saturated heterocycles. The van der Waals surface area contributed by atoms with Crippen LogP contribution in [0.5, 0.6) is 0 Å². The molecule has 3 atom stereocenters. The molecule has 0 radical (unpaired) electrons. The Bertz CT molecular complexity index is 862. The van der Waals surface area contributed by atoms with E-state index in [1.807, 2.05) is 59.1 Å². The highest BCUT2D eigenvalue weighted by Crippen LogP contribution is 2.28. The summed E-state index contributed by atoms with van der Waals surface area (Å²) < 4.78 is 5.44. The fraction of sp³-hybridized carbons (Fsp3) is 0.679. The number of aryl methyl sites for hydroxylation is 2. The molecule has 1 rings (SSSR count). The SMILES string of the molecule is CCCC(C)NC(=O)C(c1cc(C)cc(C)c1)N(C(=O)C(CCSC)NC(=O)OC(C)(C)C)C(C)C. The Labute approximate surface area is 222 Å². The molecule has 0 fully saturated rings. The van der Waals surface area contributed by atoms with E-state index in [-0.39, 0.29) is 23.9 Å². The Kier molecular flexibility index (Phi) is 12.8. The Morgan fingerprint density at radius 1 is 1.00 bits per heavy atom. The Morgan fingerprint density at radius 2 is 1.58 bits per heavy atom. The first-order valence-electron chi connectivity index (χ1n) is 12.9. The maximum atomic E-state index is 14.1. The number of thioether (sulfide) groups is 1. The average molecular weight is 522 g/mol. The van der Waals surface area contributed by atoms with Gasteiger partial charge < -0.3 is 20.3 Å². The molecular weight excluding hydrogens is 474 g/mol. The topological polar surface area (TPSA) is 87.7 Å². The summed E-state index contributed by atoms with van der Waals surface area (Å²) >= 11 is 1.59. The number of hydrogen-bond acceptors (Lipinski definition) is 5. The highest BCUT2D eigenvalue weighted by Gasteiger charge is 2.38. The molecule has 0 aliphatic rings. The Hall–Kier alpha value is -2.22. The molecule has 0 aliphatic carbocycles. The van der Waals surface area contributed by atoms with Crippen molar-refractivity contribution in [1.29, 1.82) is 0 Å². The number of ether oxygens (including phenoxy) is 1. The quantitative estimate of drug-likeness (QED) is 0.377. The van der Waals surface area contributed by atoms with Crippen LogP contribution < -0.4 is 10.6 Å². The Balaban J connectivity index is 3.50. The number of rotatable bonds is 12. The standard InChI is InChI=1S/C28H47N3O4S/c1-11-12-21(6)29-25(32)24(22-16-19(4)15-20(5)17-22)31(18(2)3)26(33)23(13-14-36-10)30-27(34)35-28(7,8)9/h15-18,21,23-24H,11-14H2,1-10H3,(H,29,32)(H,30,34). The lowest BCUT2D eigenvalue weighted by Crippen LogP contribution is -2.55. The minimum Gasteiger partial charge on any atom is -0.444 e. The van der Waals surface area contributed by atoms with Crippen LogP contribution in [0, 0.1) is 13.8 Å². The molecule has 1 aromatic carbocycles. The summed E-state index contributed by atoms with van der Waals surface area (Å²) in [5, 5.41) is 5.89. The van der Waals surface area contributed by atoms with Crippen LogP contribution in [0.15, 0.2) is 18.2 Å². The fourth-order valence-corrected chi connectivity index (χ4v) is 4.71. The Morgan fingerprint density at radius 3 is 2.06 bits per heavy atom. The van der Waals surface area contributed by atoms with Crippen LogP contribution in [0.4, 0.5) is 4.79 Å². The van der Waals surface area contributed by atoms with E-state index in [0.717, 1.165) is 29.5 Å². The zero-order chi connectivity index (χ0) is 27.6. The van der Waals surface area contributed by atoms with Crippen molar-refractivity contribution in [3.8, 4) is 0 Å². The van der Waals surface area contributed by atoms with Crippen molar-refractivity contribution >= 4 is 29.7 Å². The monoisotopic (exact) mass is 521 g/mol. The molecule has 36 heavy (non-hydrogen) atoms. The van der Waals surface area contributed by atoms with Crippen LogP contribution in [0.25, 0.3) is 0 Å². The number of alkyl carbamates (subject to hydrolysis) is 1. The van der Waals surface area contributed by atoms with E-state index in [9.17, 15) is 14.4 Å². The highest BCUT2D eigenvalue weighted by atomic mass is 32.2. The minimum atomic E-state index is -0.826. The molecule has 1 aromatic rings. The first-order chi connectivity index (χ1) is 16.7. The predicted molar refractivity (Wildman–Crippen MR) is 149 cm³/mol. The van der Waals surface area contributed by atoms with Crippen molar-refractivity contribution in [2.75, 3.05) is 12.0 Å². The third kappa shape index (κ3) is 10.4. The molecule has 204 valence electrons. The van der Waals surface area contributed by atoms with Gasteiger partial charge in [-0.1, -0.05) is 42.7 Å². The van der Waals surface area contributed by atoms with Crippen molar-refractivity contribution in [2.24, 2.45) is 0 Å². The summed E-state index contributed by atoms with van der Waals surface area (Å²) in [5.74, 6) is 0.155. The molecule has 8 heteroatoms. The van der Waals surface area contributed by atoms with Crippen LogP contribution in [-0.4, -0.2) is 58.5 Å². The lowest BCUT2D eigenvalue weighted by Gasteiger charge is -2.38. The molecule has 0 spiro atoms. The van der Waals surface area contributed by atoms with Gasteiger partial charge in [0.2, 0.25) is 11.8 Å². The molecule has 3 amide bonds. The number of nitrogens with one attached hydrogen (secondary N) is 2. The zero-order valence-electron chi connectivity index (χ0n) is 23.9. The zero-order valence-corrected chi connectivity index (χ0v) is 24.7. The van der Waals surface area contributed by atoms with Gasteiger partial charge in [-0.3, -0.25) is 9.59 Å². The molecule has 0 aromatic heterocycles. The molecule has 2 N–H and O–H groups in total. The van der Waals surface area contributed by atoms with Crippen LogP contribution >= 0.6 is 11.8 Å². The van der Waals surface area contributed by atoms with Gasteiger partial charge in [0.25, 0.3) is 0 Å². The number of amides is 3. The smallest absolute Gasteiger partial charge is 0.408 e. The molecule has 0 aliphatic heterocycles. The number of hydrogen-bond donors (Lipinski definition) is 2. The predicted octanol–water partition coefficient (Wildman–Crippen LogP) is 5.53. The van der Waals surface area contributed by atoms with Gasteiger partial charge in [-0.25, -0.2) is 4.79 Å². The lowest BCUT2D eigenvalue weighted by atomic mass is 9.96. The second kappa shape index (κ2) is 14.5. The van der Waals surface area contributed by atoms with Gasteiger partial charge in [0.15, 0.2) is 0 Å². The largest absolute Gasteiger partial charge is 0.444 e. The molecule has 7 nitrogen and oxygen atoms in total. The maximum absolute atomic E-state index is 14.1. The summed E-state index contributed by atoms with van der Waals surface area (Å²) in [6.07, 6.45) is 3.53.